The number of carbonyl (C=O) groups excluding carboxylic acids is 1. The fraction of sp³-hybridized carbons (Fsp3) is 0.273. The minimum atomic E-state index is -1.00. The number of carboxylic acids is 1. The largest absolute Gasteiger partial charge is 0.497 e. The Bertz CT molecular complexity index is 359. The minimum Gasteiger partial charge on any atom is -0.497 e. The zero-order valence-electron chi connectivity index (χ0n) is 8.34. The molecule has 0 fully saturated rings. The smallest absolute Gasteiger partial charge is 0.311 e. The van der Waals surface area contributed by atoms with E-state index in [0.717, 1.165) is 0 Å². The molecule has 0 aliphatic rings. The molecule has 1 unspecified atom stereocenters. The fourth-order valence-electron chi connectivity index (χ4n) is 1.33. The number of aldehydes is 1. The maximum Gasteiger partial charge on any atom is 0.311 e. The van der Waals surface area contributed by atoms with Crippen molar-refractivity contribution < 1.29 is 19.4 Å². The number of aliphatic carboxylic acids is 1. The molecule has 15 heavy (non-hydrogen) atoms. The summed E-state index contributed by atoms with van der Waals surface area (Å²) in [6, 6.07) is 6.73. The van der Waals surface area contributed by atoms with Crippen LogP contribution in [0.15, 0.2) is 24.3 Å². The van der Waals surface area contributed by atoms with E-state index in [1.54, 1.807) is 24.3 Å². The van der Waals surface area contributed by atoms with Crippen LogP contribution in [-0.2, 0) is 9.59 Å². The summed E-state index contributed by atoms with van der Waals surface area (Å²) in [6.07, 6.45) is 0.584. The Hall–Kier alpha value is -1.84. The van der Waals surface area contributed by atoms with E-state index >= 15 is 0 Å². The summed E-state index contributed by atoms with van der Waals surface area (Å²) in [7, 11) is 1.51. The molecule has 0 aliphatic heterocycles. The molecule has 1 N–H and O–H groups in total. The summed E-state index contributed by atoms with van der Waals surface area (Å²) >= 11 is 0. The van der Waals surface area contributed by atoms with Gasteiger partial charge in [0.25, 0.3) is 0 Å². The van der Waals surface area contributed by atoms with Crippen molar-refractivity contribution in [2.24, 2.45) is 0 Å². The lowest BCUT2D eigenvalue weighted by Crippen LogP contribution is -2.12. The molecule has 1 aromatic rings. The molecular weight excluding hydrogens is 196 g/mol. The molecule has 1 atom stereocenters. The summed E-state index contributed by atoms with van der Waals surface area (Å²) in [5.41, 5.74) is 0.578. The number of carboxylic acid groups (broad SMARTS) is 1. The van der Waals surface area contributed by atoms with Crippen LogP contribution in [0.5, 0.6) is 5.75 Å². The summed E-state index contributed by atoms with van der Waals surface area (Å²) in [6.45, 7) is 0. The molecule has 0 radical (unpaired) electrons. The Morgan fingerprint density at radius 3 is 2.87 bits per heavy atom. The van der Waals surface area contributed by atoms with Gasteiger partial charge in [-0.15, -0.1) is 0 Å². The third kappa shape index (κ3) is 2.80. The van der Waals surface area contributed by atoms with Crippen LogP contribution in [0.1, 0.15) is 17.9 Å². The van der Waals surface area contributed by atoms with Crippen LogP contribution in [0.3, 0.4) is 0 Å². The van der Waals surface area contributed by atoms with Crippen molar-refractivity contribution in [1.29, 1.82) is 0 Å². The highest BCUT2D eigenvalue weighted by Crippen LogP contribution is 2.23. The summed E-state index contributed by atoms with van der Waals surface area (Å²) in [5, 5.41) is 8.92. The Balaban J connectivity index is 2.99. The summed E-state index contributed by atoms with van der Waals surface area (Å²) in [5.74, 6) is -1.21. The molecule has 4 heteroatoms. The molecule has 0 amide bonds. The van der Waals surface area contributed by atoms with Gasteiger partial charge in [-0.25, -0.2) is 0 Å². The molecule has 0 saturated carbocycles. The van der Waals surface area contributed by atoms with Gasteiger partial charge in [0.2, 0.25) is 0 Å². The van der Waals surface area contributed by atoms with E-state index in [2.05, 4.69) is 0 Å². The van der Waals surface area contributed by atoms with Gasteiger partial charge in [-0.3, -0.25) is 4.79 Å². The van der Waals surface area contributed by atoms with Crippen molar-refractivity contribution in [2.75, 3.05) is 7.11 Å². The van der Waals surface area contributed by atoms with Gasteiger partial charge in [0.05, 0.1) is 13.0 Å². The van der Waals surface area contributed by atoms with Crippen LogP contribution in [0.25, 0.3) is 0 Å². The van der Waals surface area contributed by atoms with Crippen LogP contribution in [-0.4, -0.2) is 24.5 Å². The maximum absolute atomic E-state index is 10.9. The predicted octanol–water partition coefficient (Wildman–Crippen LogP) is 1.45. The lowest BCUT2D eigenvalue weighted by atomic mass is 9.96. The van der Waals surface area contributed by atoms with Gasteiger partial charge in [0.15, 0.2) is 0 Å². The minimum absolute atomic E-state index is 0.0253. The quantitative estimate of drug-likeness (QED) is 0.744. The van der Waals surface area contributed by atoms with Gasteiger partial charge in [-0.2, -0.15) is 0 Å². The maximum atomic E-state index is 10.9. The molecule has 0 spiro atoms. The summed E-state index contributed by atoms with van der Waals surface area (Å²) in [4.78, 5) is 21.2. The van der Waals surface area contributed by atoms with Gasteiger partial charge < -0.3 is 14.6 Å². The second-order valence-electron chi connectivity index (χ2n) is 3.07. The van der Waals surface area contributed by atoms with Gasteiger partial charge in [-0.05, 0) is 17.7 Å². The van der Waals surface area contributed by atoms with Crippen LogP contribution < -0.4 is 4.74 Å². The van der Waals surface area contributed by atoms with Gasteiger partial charge in [0, 0.05) is 6.42 Å². The van der Waals surface area contributed by atoms with Crippen LogP contribution >= 0.6 is 0 Å². The van der Waals surface area contributed by atoms with Gasteiger partial charge >= 0.3 is 5.97 Å². The zero-order chi connectivity index (χ0) is 11.3. The monoisotopic (exact) mass is 208 g/mol. The predicted molar refractivity (Wildman–Crippen MR) is 54.1 cm³/mol. The molecule has 4 nitrogen and oxygen atoms in total. The lowest BCUT2D eigenvalue weighted by molar-refractivity contribution is -0.139. The number of ether oxygens (including phenoxy) is 1. The average Bonchev–Trinajstić information content (AvgIpc) is 2.25. The van der Waals surface area contributed by atoms with Crippen LogP contribution in [0.2, 0.25) is 0 Å². The van der Waals surface area contributed by atoms with E-state index in [1.165, 1.54) is 7.11 Å². The third-order valence-corrected chi connectivity index (χ3v) is 2.13. The molecule has 80 valence electrons. The number of hydrogen-bond acceptors (Lipinski definition) is 3. The Labute approximate surface area is 87.5 Å². The Morgan fingerprint density at radius 2 is 2.33 bits per heavy atom. The number of rotatable bonds is 5. The second-order valence-corrected chi connectivity index (χ2v) is 3.07. The third-order valence-electron chi connectivity index (χ3n) is 2.13. The van der Waals surface area contributed by atoms with E-state index in [1.807, 2.05) is 0 Å². The molecule has 0 heterocycles. The second kappa shape index (κ2) is 5.14. The molecule has 0 bridgehead atoms. The van der Waals surface area contributed by atoms with E-state index in [4.69, 9.17) is 9.84 Å². The highest BCUT2D eigenvalue weighted by atomic mass is 16.5. The standard InChI is InChI=1S/C11H12O4/c1-15-9-4-2-3-8(7-9)10(5-6-12)11(13)14/h2-4,6-7,10H,5H2,1H3,(H,13,14). The van der Waals surface area contributed by atoms with Crippen molar-refractivity contribution in [1.82, 2.24) is 0 Å². The van der Waals surface area contributed by atoms with Crippen LogP contribution in [0, 0.1) is 0 Å². The molecule has 0 saturated heterocycles. The number of methoxy groups -OCH3 is 1. The zero-order valence-corrected chi connectivity index (χ0v) is 8.34. The van der Waals surface area contributed by atoms with E-state index in [9.17, 15) is 9.59 Å². The lowest BCUT2D eigenvalue weighted by Gasteiger charge is -2.10. The first-order valence-electron chi connectivity index (χ1n) is 4.49. The summed E-state index contributed by atoms with van der Waals surface area (Å²) < 4.78 is 4.98. The first-order valence-corrected chi connectivity index (χ1v) is 4.49. The van der Waals surface area contributed by atoms with E-state index in [0.29, 0.717) is 17.6 Å². The van der Waals surface area contributed by atoms with Gasteiger partial charge in [0.1, 0.15) is 12.0 Å². The first-order chi connectivity index (χ1) is 7.19. The normalized spacial score (nSPS) is 11.8. The average molecular weight is 208 g/mol. The number of carbonyl (C=O) groups is 2. The van der Waals surface area contributed by atoms with E-state index in [-0.39, 0.29) is 6.42 Å². The Morgan fingerprint density at radius 1 is 1.60 bits per heavy atom. The molecule has 1 aromatic carbocycles. The molecular formula is C11H12O4. The molecule has 0 aromatic heterocycles. The number of benzene rings is 1. The van der Waals surface area contributed by atoms with Crippen LogP contribution in [0.4, 0.5) is 0 Å². The fourth-order valence-corrected chi connectivity index (χ4v) is 1.33. The van der Waals surface area contributed by atoms with Crippen molar-refractivity contribution in [2.45, 2.75) is 12.3 Å². The highest BCUT2D eigenvalue weighted by molar-refractivity contribution is 5.79. The van der Waals surface area contributed by atoms with Crippen molar-refractivity contribution >= 4 is 12.3 Å². The molecule has 1 rings (SSSR count). The van der Waals surface area contributed by atoms with Crippen molar-refractivity contribution in [3.05, 3.63) is 29.8 Å². The highest BCUT2D eigenvalue weighted by Gasteiger charge is 2.19. The van der Waals surface area contributed by atoms with Crippen molar-refractivity contribution in [3.63, 3.8) is 0 Å². The Kier molecular flexibility index (Phi) is 3.85. The SMILES string of the molecule is COc1cccc(C(CC=O)C(=O)O)c1. The van der Waals surface area contributed by atoms with E-state index < -0.39 is 11.9 Å². The topological polar surface area (TPSA) is 63.6 Å². The van der Waals surface area contributed by atoms with Gasteiger partial charge in [-0.1, -0.05) is 12.1 Å². The van der Waals surface area contributed by atoms with Crippen molar-refractivity contribution in [3.8, 4) is 5.75 Å². The molecule has 0 aliphatic carbocycles. The first kappa shape index (κ1) is 11.2. The number of hydrogen-bond donors (Lipinski definition) is 1.